The molecule has 0 aliphatic carbocycles. The van der Waals surface area contributed by atoms with Crippen LogP contribution < -0.4 is 10.5 Å². The fraction of sp³-hybridized carbons (Fsp3) is 0.400. The quantitative estimate of drug-likeness (QED) is 0.830. The molecule has 1 aromatic heterocycles. The first-order chi connectivity index (χ1) is 13.2. The van der Waals surface area contributed by atoms with Gasteiger partial charge in [-0.05, 0) is 31.4 Å². The molecule has 0 N–H and O–H groups in total. The summed E-state index contributed by atoms with van der Waals surface area (Å²) in [4.78, 5) is 29.3. The molecule has 2 saturated heterocycles. The van der Waals surface area contributed by atoms with Crippen molar-refractivity contribution in [1.29, 1.82) is 5.26 Å². The number of piperidine rings is 1. The normalized spacial score (nSPS) is 19.3. The van der Waals surface area contributed by atoms with Crippen LogP contribution in [0.5, 0.6) is 0 Å². The summed E-state index contributed by atoms with van der Waals surface area (Å²) >= 11 is 0. The molecule has 138 valence electrons. The largest absolute Gasteiger partial charge is 0.370 e. The lowest BCUT2D eigenvalue weighted by molar-refractivity contribution is 0.0669. The maximum Gasteiger partial charge on any atom is 0.269 e. The number of nitrogens with zero attached hydrogens (tertiary/aromatic N) is 5. The van der Waals surface area contributed by atoms with E-state index < -0.39 is 0 Å². The standard InChI is InChI=1S/C20H21N5O2/c21-12-15-5-1-2-7-18(15)20(27)24-8-3-6-16(14-24)25-19(26)11-17(13-22-25)23-9-4-10-23/h1-2,5,7,11,13,16H,3-4,6,8-10,14H2/t16-/m0/s1. The van der Waals surface area contributed by atoms with Crippen molar-refractivity contribution in [2.75, 3.05) is 31.1 Å². The van der Waals surface area contributed by atoms with Crippen LogP contribution in [0.1, 0.15) is 41.2 Å². The Morgan fingerprint density at radius 3 is 2.70 bits per heavy atom. The topological polar surface area (TPSA) is 82.2 Å². The average Bonchev–Trinajstić information content (AvgIpc) is 2.66. The van der Waals surface area contributed by atoms with Crippen molar-refractivity contribution in [1.82, 2.24) is 14.7 Å². The number of rotatable bonds is 3. The summed E-state index contributed by atoms with van der Waals surface area (Å²) in [5.74, 6) is -0.165. The molecule has 2 aromatic rings. The third-order valence-corrected chi connectivity index (χ3v) is 5.34. The molecule has 0 bridgehead atoms. The van der Waals surface area contributed by atoms with Crippen LogP contribution in [0.4, 0.5) is 5.69 Å². The fourth-order valence-corrected chi connectivity index (χ4v) is 3.71. The Kier molecular flexibility index (Phi) is 4.63. The summed E-state index contributed by atoms with van der Waals surface area (Å²) in [6.45, 7) is 2.98. The molecule has 1 aromatic carbocycles. The second kappa shape index (κ2) is 7.23. The fourth-order valence-electron chi connectivity index (χ4n) is 3.71. The van der Waals surface area contributed by atoms with E-state index in [9.17, 15) is 14.9 Å². The molecular weight excluding hydrogens is 342 g/mol. The number of hydrogen-bond acceptors (Lipinski definition) is 5. The van der Waals surface area contributed by atoms with Gasteiger partial charge < -0.3 is 9.80 Å². The number of likely N-dealkylation sites (tertiary alicyclic amines) is 1. The molecule has 0 radical (unpaired) electrons. The smallest absolute Gasteiger partial charge is 0.269 e. The van der Waals surface area contributed by atoms with E-state index in [1.165, 1.54) is 4.68 Å². The van der Waals surface area contributed by atoms with Gasteiger partial charge in [0.2, 0.25) is 0 Å². The highest BCUT2D eigenvalue weighted by atomic mass is 16.2. The highest BCUT2D eigenvalue weighted by Crippen LogP contribution is 2.23. The minimum atomic E-state index is -0.165. The molecule has 0 unspecified atom stereocenters. The van der Waals surface area contributed by atoms with Gasteiger partial charge in [0.15, 0.2) is 0 Å². The summed E-state index contributed by atoms with van der Waals surface area (Å²) in [5, 5.41) is 13.6. The van der Waals surface area contributed by atoms with Gasteiger partial charge in [-0.25, -0.2) is 4.68 Å². The van der Waals surface area contributed by atoms with Gasteiger partial charge in [0.05, 0.1) is 35.1 Å². The average molecular weight is 363 g/mol. The predicted molar refractivity (Wildman–Crippen MR) is 101 cm³/mol. The lowest BCUT2D eigenvalue weighted by atomic mass is 10.0. The van der Waals surface area contributed by atoms with Crippen molar-refractivity contribution in [2.24, 2.45) is 0 Å². The molecule has 4 rings (SSSR count). The summed E-state index contributed by atoms with van der Waals surface area (Å²) < 4.78 is 1.50. The SMILES string of the molecule is N#Cc1ccccc1C(=O)N1CCC[C@H](n2ncc(N3CCC3)cc2=O)C1. The number of carbonyl (C=O) groups is 1. The molecule has 1 atom stereocenters. The Balaban J connectivity index is 1.54. The van der Waals surface area contributed by atoms with Crippen molar-refractivity contribution in [3.8, 4) is 6.07 Å². The number of nitriles is 1. The zero-order chi connectivity index (χ0) is 18.8. The highest BCUT2D eigenvalue weighted by Gasteiger charge is 2.28. The lowest BCUT2D eigenvalue weighted by Crippen LogP contribution is -2.44. The monoisotopic (exact) mass is 363 g/mol. The van der Waals surface area contributed by atoms with E-state index in [4.69, 9.17) is 0 Å². The lowest BCUT2D eigenvalue weighted by Gasteiger charge is -2.34. The number of amides is 1. The van der Waals surface area contributed by atoms with Gasteiger partial charge in [-0.3, -0.25) is 9.59 Å². The van der Waals surface area contributed by atoms with Crippen LogP contribution in [0.15, 0.2) is 41.3 Å². The summed E-state index contributed by atoms with van der Waals surface area (Å²) in [5.41, 5.74) is 1.53. The van der Waals surface area contributed by atoms with Gasteiger partial charge in [-0.1, -0.05) is 12.1 Å². The third kappa shape index (κ3) is 3.31. The second-order valence-electron chi connectivity index (χ2n) is 7.04. The van der Waals surface area contributed by atoms with Gasteiger partial charge >= 0.3 is 0 Å². The Morgan fingerprint density at radius 2 is 2.00 bits per heavy atom. The summed E-state index contributed by atoms with van der Waals surface area (Å²) in [6.07, 6.45) is 4.49. The number of aromatic nitrogens is 2. The molecule has 2 fully saturated rings. The molecule has 1 amide bonds. The van der Waals surface area contributed by atoms with Crippen LogP contribution in [0.25, 0.3) is 0 Å². The molecule has 27 heavy (non-hydrogen) atoms. The molecule has 7 heteroatoms. The van der Waals surface area contributed by atoms with Crippen molar-refractivity contribution < 1.29 is 4.79 Å². The predicted octanol–water partition coefficient (Wildman–Crippen LogP) is 1.80. The molecule has 2 aliphatic heterocycles. The van der Waals surface area contributed by atoms with Crippen LogP contribution in [0.3, 0.4) is 0 Å². The Bertz CT molecular complexity index is 957. The van der Waals surface area contributed by atoms with E-state index in [2.05, 4.69) is 16.1 Å². The van der Waals surface area contributed by atoms with Gasteiger partial charge in [0, 0.05) is 32.2 Å². The van der Waals surface area contributed by atoms with Crippen LogP contribution in [-0.4, -0.2) is 46.8 Å². The van der Waals surface area contributed by atoms with E-state index >= 15 is 0 Å². The molecule has 0 saturated carbocycles. The zero-order valence-electron chi connectivity index (χ0n) is 15.0. The summed E-state index contributed by atoms with van der Waals surface area (Å²) in [7, 11) is 0. The minimum absolute atomic E-state index is 0.129. The number of hydrogen-bond donors (Lipinski definition) is 0. The van der Waals surface area contributed by atoms with E-state index in [1.54, 1.807) is 41.4 Å². The van der Waals surface area contributed by atoms with Gasteiger partial charge in [0.1, 0.15) is 0 Å². The minimum Gasteiger partial charge on any atom is -0.370 e. The first-order valence-electron chi connectivity index (χ1n) is 9.29. The molecule has 3 heterocycles. The van der Waals surface area contributed by atoms with E-state index in [1.807, 2.05) is 0 Å². The number of benzene rings is 1. The van der Waals surface area contributed by atoms with Crippen molar-refractivity contribution in [3.05, 3.63) is 58.0 Å². The van der Waals surface area contributed by atoms with Crippen molar-refractivity contribution in [2.45, 2.75) is 25.3 Å². The van der Waals surface area contributed by atoms with Crippen LogP contribution in [-0.2, 0) is 0 Å². The van der Waals surface area contributed by atoms with Crippen molar-refractivity contribution >= 4 is 11.6 Å². The zero-order valence-corrected chi connectivity index (χ0v) is 15.0. The summed E-state index contributed by atoms with van der Waals surface area (Å²) in [6, 6.07) is 10.4. The van der Waals surface area contributed by atoms with E-state index in [0.717, 1.165) is 38.0 Å². The van der Waals surface area contributed by atoms with Gasteiger partial charge in [-0.2, -0.15) is 10.4 Å². The Morgan fingerprint density at radius 1 is 1.19 bits per heavy atom. The van der Waals surface area contributed by atoms with Gasteiger partial charge in [-0.15, -0.1) is 0 Å². The highest BCUT2D eigenvalue weighted by molar-refractivity contribution is 5.96. The molecule has 2 aliphatic rings. The van der Waals surface area contributed by atoms with Crippen LogP contribution in [0, 0.1) is 11.3 Å². The van der Waals surface area contributed by atoms with Crippen molar-refractivity contribution in [3.63, 3.8) is 0 Å². The maximum absolute atomic E-state index is 12.9. The second-order valence-corrected chi connectivity index (χ2v) is 7.04. The van der Waals surface area contributed by atoms with Crippen LogP contribution >= 0.6 is 0 Å². The number of anilines is 1. The third-order valence-electron chi connectivity index (χ3n) is 5.34. The first kappa shape index (κ1) is 17.3. The molecule has 0 spiro atoms. The molecular formula is C20H21N5O2. The van der Waals surface area contributed by atoms with E-state index in [0.29, 0.717) is 24.2 Å². The first-order valence-corrected chi connectivity index (χ1v) is 9.29. The molecule has 7 nitrogen and oxygen atoms in total. The van der Waals surface area contributed by atoms with Crippen LogP contribution in [0.2, 0.25) is 0 Å². The van der Waals surface area contributed by atoms with E-state index in [-0.39, 0.29) is 17.5 Å². The Labute approximate surface area is 157 Å². The Hall–Kier alpha value is -3.14. The van der Waals surface area contributed by atoms with Gasteiger partial charge in [0.25, 0.3) is 11.5 Å². The number of carbonyl (C=O) groups excluding carboxylic acids is 1. The maximum atomic E-state index is 12.9.